The van der Waals surface area contributed by atoms with Crippen molar-refractivity contribution in [1.29, 1.82) is 0 Å². The van der Waals surface area contributed by atoms with E-state index < -0.39 is 0 Å². The second-order valence-electron chi connectivity index (χ2n) is 6.89. The molecule has 6 heteroatoms. The van der Waals surface area contributed by atoms with E-state index in [1.165, 1.54) is 0 Å². The van der Waals surface area contributed by atoms with Crippen LogP contribution in [0, 0.1) is 0 Å². The zero-order chi connectivity index (χ0) is 21.1. The van der Waals surface area contributed by atoms with E-state index in [9.17, 15) is 9.90 Å². The first-order chi connectivity index (χ1) is 14.5. The summed E-state index contributed by atoms with van der Waals surface area (Å²) in [5.41, 5.74) is 4.01. The first-order valence-electron chi connectivity index (χ1n) is 9.37. The van der Waals surface area contributed by atoms with Gasteiger partial charge in [-0.15, -0.1) is 0 Å². The van der Waals surface area contributed by atoms with Crippen molar-refractivity contribution in [2.24, 2.45) is 4.99 Å². The van der Waals surface area contributed by atoms with Crippen LogP contribution in [0.15, 0.2) is 77.3 Å². The molecule has 0 unspecified atom stereocenters. The van der Waals surface area contributed by atoms with Crippen LogP contribution in [0.25, 0.3) is 6.08 Å². The predicted molar refractivity (Wildman–Crippen MR) is 121 cm³/mol. The van der Waals surface area contributed by atoms with E-state index in [1.54, 1.807) is 48.5 Å². The molecule has 0 saturated heterocycles. The molecule has 150 valence electrons. The standard InChI is InChI=1S/C24H18Cl2N2O2/c25-18-8-5-15(6-9-18)13-28-24(30)21-12-17-11-19(26)10-7-16(17)14-27-23(21)20-3-1-2-4-22(20)29/h1-12,29H,13-14H2,(H,28,30). The maximum atomic E-state index is 13.2. The van der Waals surface area contributed by atoms with Gasteiger partial charge in [0, 0.05) is 22.2 Å². The van der Waals surface area contributed by atoms with Crippen molar-refractivity contribution in [2.45, 2.75) is 13.1 Å². The van der Waals surface area contributed by atoms with Crippen LogP contribution < -0.4 is 5.32 Å². The van der Waals surface area contributed by atoms with Gasteiger partial charge >= 0.3 is 0 Å². The normalized spacial score (nSPS) is 13.0. The molecule has 1 aliphatic heterocycles. The average Bonchev–Trinajstić information content (AvgIpc) is 2.93. The number of benzene rings is 3. The van der Waals surface area contributed by atoms with Gasteiger partial charge in [-0.2, -0.15) is 0 Å². The minimum absolute atomic E-state index is 0.0663. The first-order valence-corrected chi connectivity index (χ1v) is 10.1. The van der Waals surface area contributed by atoms with Gasteiger partial charge in [-0.1, -0.05) is 53.5 Å². The van der Waals surface area contributed by atoms with Crippen molar-refractivity contribution in [3.05, 3.63) is 105 Å². The predicted octanol–water partition coefficient (Wildman–Crippen LogP) is 5.40. The highest BCUT2D eigenvalue weighted by Gasteiger charge is 2.23. The Morgan fingerprint density at radius 2 is 1.73 bits per heavy atom. The fourth-order valence-corrected chi connectivity index (χ4v) is 3.58. The smallest absolute Gasteiger partial charge is 0.253 e. The van der Waals surface area contributed by atoms with E-state index in [0.717, 1.165) is 16.7 Å². The van der Waals surface area contributed by atoms with Crippen LogP contribution in [0.4, 0.5) is 0 Å². The maximum absolute atomic E-state index is 13.2. The lowest BCUT2D eigenvalue weighted by molar-refractivity contribution is -0.117. The van der Waals surface area contributed by atoms with Gasteiger partial charge in [-0.3, -0.25) is 9.79 Å². The Bertz CT molecular complexity index is 1170. The van der Waals surface area contributed by atoms with Crippen LogP contribution in [0.1, 0.15) is 22.3 Å². The molecule has 3 aromatic rings. The Balaban J connectivity index is 1.71. The summed E-state index contributed by atoms with van der Waals surface area (Å²) in [5.74, 6) is -0.226. The number of para-hydroxylation sites is 1. The molecular formula is C24H18Cl2N2O2. The number of aromatic hydroxyl groups is 1. The van der Waals surface area contributed by atoms with Crippen molar-refractivity contribution >= 4 is 40.9 Å². The SMILES string of the molecule is O=C(NCc1ccc(Cl)cc1)C1=Cc2cc(Cl)ccc2CN=C1c1ccccc1O. The zero-order valence-electron chi connectivity index (χ0n) is 15.9. The topological polar surface area (TPSA) is 61.7 Å². The highest BCUT2D eigenvalue weighted by Crippen LogP contribution is 2.28. The zero-order valence-corrected chi connectivity index (χ0v) is 17.4. The molecular weight excluding hydrogens is 419 g/mol. The number of carbonyl (C=O) groups excluding carboxylic acids is 1. The van der Waals surface area contributed by atoms with E-state index in [1.807, 2.05) is 24.3 Å². The lowest BCUT2D eigenvalue weighted by Gasteiger charge is -2.13. The first kappa shape index (κ1) is 20.2. The lowest BCUT2D eigenvalue weighted by atomic mass is 9.98. The molecule has 3 aromatic carbocycles. The molecule has 4 nitrogen and oxygen atoms in total. The number of fused-ring (bicyclic) bond motifs is 1. The lowest BCUT2D eigenvalue weighted by Crippen LogP contribution is -2.28. The van der Waals surface area contributed by atoms with Gasteiger partial charge < -0.3 is 10.4 Å². The molecule has 0 aromatic heterocycles. The van der Waals surface area contributed by atoms with Crippen LogP contribution in [-0.2, 0) is 17.9 Å². The summed E-state index contributed by atoms with van der Waals surface area (Å²) in [7, 11) is 0. The fraction of sp³-hybridized carbons (Fsp3) is 0.0833. The molecule has 4 rings (SSSR count). The molecule has 0 spiro atoms. The van der Waals surface area contributed by atoms with Crippen LogP contribution in [0.2, 0.25) is 10.0 Å². The van der Waals surface area contributed by atoms with Gasteiger partial charge in [-0.05, 0) is 59.2 Å². The summed E-state index contributed by atoms with van der Waals surface area (Å²) < 4.78 is 0. The number of nitrogens with one attached hydrogen (secondary N) is 1. The summed E-state index contributed by atoms with van der Waals surface area (Å²) in [4.78, 5) is 17.8. The van der Waals surface area contributed by atoms with Crippen molar-refractivity contribution in [2.75, 3.05) is 0 Å². The minimum atomic E-state index is -0.292. The Labute approximate surface area is 184 Å². The molecule has 0 bridgehead atoms. The number of aliphatic imine (C=N–C) groups is 1. The van der Waals surface area contributed by atoms with Crippen LogP contribution >= 0.6 is 23.2 Å². The van der Waals surface area contributed by atoms with Gasteiger partial charge in [0.05, 0.1) is 17.8 Å². The highest BCUT2D eigenvalue weighted by molar-refractivity contribution is 6.32. The molecule has 1 amide bonds. The third kappa shape index (κ3) is 4.40. The van der Waals surface area contributed by atoms with Crippen molar-refractivity contribution < 1.29 is 9.90 Å². The van der Waals surface area contributed by atoms with Gasteiger partial charge in [0.2, 0.25) is 0 Å². The van der Waals surface area contributed by atoms with E-state index in [0.29, 0.717) is 40.0 Å². The summed E-state index contributed by atoms with van der Waals surface area (Å²) >= 11 is 12.1. The summed E-state index contributed by atoms with van der Waals surface area (Å²) in [6, 6.07) is 19.6. The molecule has 0 saturated carbocycles. The monoisotopic (exact) mass is 436 g/mol. The molecule has 0 fully saturated rings. The molecule has 30 heavy (non-hydrogen) atoms. The number of carbonyl (C=O) groups is 1. The third-order valence-corrected chi connectivity index (χ3v) is 5.33. The number of halogens is 2. The Morgan fingerprint density at radius 1 is 1.00 bits per heavy atom. The van der Waals surface area contributed by atoms with Gasteiger partial charge in [0.15, 0.2) is 0 Å². The van der Waals surface area contributed by atoms with Gasteiger partial charge in [0.25, 0.3) is 5.91 Å². The number of amides is 1. The highest BCUT2D eigenvalue weighted by atomic mass is 35.5. The Hall–Kier alpha value is -3.08. The van der Waals surface area contributed by atoms with Gasteiger partial charge in [-0.25, -0.2) is 0 Å². The van der Waals surface area contributed by atoms with Crippen LogP contribution in [0.3, 0.4) is 0 Å². The molecule has 0 radical (unpaired) electrons. The Kier molecular flexibility index (Phi) is 5.88. The number of phenolic OH excluding ortho intramolecular Hbond substituents is 1. The summed E-state index contributed by atoms with van der Waals surface area (Å²) in [6.07, 6.45) is 1.77. The van der Waals surface area contributed by atoms with Crippen molar-refractivity contribution in [3.63, 3.8) is 0 Å². The number of hydrogen-bond donors (Lipinski definition) is 2. The van der Waals surface area contributed by atoms with Crippen molar-refractivity contribution in [1.82, 2.24) is 5.32 Å². The summed E-state index contributed by atoms with van der Waals surface area (Å²) in [5, 5.41) is 14.5. The summed E-state index contributed by atoms with van der Waals surface area (Å²) in [6.45, 7) is 0.713. The second kappa shape index (κ2) is 8.74. The molecule has 1 aliphatic rings. The number of nitrogens with zero attached hydrogens (tertiary/aromatic N) is 1. The molecule has 1 heterocycles. The Morgan fingerprint density at radius 3 is 2.50 bits per heavy atom. The fourth-order valence-electron chi connectivity index (χ4n) is 3.27. The number of rotatable bonds is 4. The van der Waals surface area contributed by atoms with Crippen LogP contribution in [-0.4, -0.2) is 16.7 Å². The van der Waals surface area contributed by atoms with E-state index in [2.05, 4.69) is 10.3 Å². The van der Waals surface area contributed by atoms with E-state index in [-0.39, 0.29) is 11.7 Å². The quantitative estimate of drug-likeness (QED) is 0.574. The van der Waals surface area contributed by atoms with E-state index in [4.69, 9.17) is 23.2 Å². The van der Waals surface area contributed by atoms with Gasteiger partial charge in [0.1, 0.15) is 5.75 Å². The average molecular weight is 437 g/mol. The molecule has 0 aliphatic carbocycles. The number of phenols is 1. The third-order valence-electron chi connectivity index (χ3n) is 4.84. The van der Waals surface area contributed by atoms with Crippen LogP contribution in [0.5, 0.6) is 5.75 Å². The van der Waals surface area contributed by atoms with Crippen molar-refractivity contribution in [3.8, 4) is 5.75 Å². The second-order valence-corrected chi connectivity index (χ2v) is 7.77. The minimum Gasteiger partial charge on any atom is -0.507 e. The number of hydrogen-bond acceptors (Lipinski definition) is 3. The van der Waals surface area contributed by atoms with E-state index >= 15 is 0 Å². The molecule has 2 N–H and O–H groups in total. The maximum Gasteiger partial charge on any atom is 0.253 e. The molecule has 0 atom stereocenters. The largest absolute Gasteiger partial charge is 0.507 e.